The van der Waals surface area contributed by atoms with Gasteiger partial charge in [-0.1, -0.05) is 87.4 Å². The lowest BCUT2D eigenvalue weighted by atomic mass is 9.46. The number of unbranched alkanes of at least 4 members (excludes halogenated alkanes) is 1. The van der Waals surface area contributed by atoms with Crippen molar-refractivity contribution in [2.45, 2.75) is 109 Å². The lowest BCUT2D eigenvalue weighted by Gasteiger charge is -2.63. The Balaban J connectivity index is 1.39. The van der Waals surface area contributed by atoms with Crippen LogP contribution < -0.4 is 5.32 Å². The van der Waals surface area contributed by atoms with Crippen LogP contribution in [0.25, 0.3) is 0 Å². The first-order valence-electron chi connectivity index (χ1n) is 18.6. The summed E-state index contributed by atoms with van der Waals surface area (Å²) in [4.78, 5) is 55.3. The predicted molar refractivity (Wildman–Crippen MR) is 194 cm³/mol. The zero-order valence-corrected chi connectivity index (χ0v) is 31.0. The number of Topliss-reactive ketones (excluding diaryl/α,β-unsaturated/α-hetero) is 1. The summed E-state index contributed by atoms with van der Waals surface area (Å²) >= 11 is 0. The van der Waals surface area contributed by atoms with Crippen molar-refractivity contribution >= 4 is 23.6 Å². The van der Waals surface area contributed by atoms with Gasteiger partial charge < -0.3 is 34.8 Å². The predicted octanol–water partition coefficient (Wildman–Crippen LogP) is 4.55. The van der Waals surface area contributed by atoms with Crippen LogP contribution in [0, 0.1) is 22.7 Å². The molecule has 4 N–H and O–H groups in total. The molecule has 6 rings (SSSR count). The molecule has 284 valence electrons. The van der Waals surface area contributed by atoms with Gasteiger partial charge in [0.1, 0.15) is 23.6 Å². The molecule has 1 amide bonds. The van der Waals surface area contributed by atoms with E-state index < -0.39 is 76.8 Å². The summed E-state index contributed by atoms with van der Waals surface area (Å²) in [5, 5.41) is 39.1. The van der Waals surface area contributed by atoms with E-state index in [1.165, 1.54) is 6.08 Å². The number of hydrogen-bond acceptors (Lipinski definition) is 10. The van der Waals surface area contributed by atoms with Crippen LogP contribution in [0.3, 0.4) is 0 Å². The van der Waals surface area contributed by atoms with Crippen molar-refractivity contribution in [1.29, 1.82) is 0 Å². The number of nitrogens with one attached hydrogen (secondary N) is 1. The van der Waals surface area contributed by atoms with E-state index in [4.69, 9.17) is 14.2 Å². The number of ether oxygens (including phenoxy) is 3. The fourth-order valence-electron chi connectivity index (χ4n) is 9.05. The number of rotatable bonds is 10. The van der Waals surface area contributed by atoms with Gasteiger partial charge in [-0.25, -0.2) is 9.59 Å². The summed E-state index contributed by atoms with van der Waals surface area (Å²) in [5.41, 5.74) is -2.76. The smallest absolute Gasteiger partial charge is 0.338 e. The monoisotopic (exact) mass is 729 g/mol. The molecular weight excluding hydrogens is 678 g/mol. The lowest BCUT2D eigenvalue weighted by molar-refractivity contribution is -0.274. The maximum Gasteiger partial charge on any atom is 0.338 e. The van der Waals surface area contributed by atoms with Gasteiger partial charge in [0.15, 0.2) is 6.10 Å². The highest BCUT2D eigenvalue weighted by molar-refractivity contribution is 5.91. The molecule has 1 saturated heterocycles. The molecule has 53 heavy (non-hydrogen) atoms. The van der Waals surface area contributed by atoms with E-state index in [2.05, 4.69) is 5.32 Å². The highest BCUT2D eigenvalue weighted by Crippen LogP contribution is 2.62. The number of carbonyl (C=O) groups excluding carboxylic acids is 4. The summed E-state index contributed by atoms with van der Waals surface area (Å²) in [7, 11) is 0. The molecule has 2 aromatic carbocycles. The summed E-state index contributed by atoms with van der Waals surface area (Å²) in [5.74, 6) is -3.67. The molecule has 3 aliphatic carbocycles. The molecule has 1 aliphatic heterocycles. The highest BCUT2D eigenvalue weighted by Gasteiger charge is 2.70. The van der Waals surface area contributed by atoms with Crippen molar-refractivity contribution < 1.29 is 48.7 Å². The van der Waals surface area contributed by atoms with E-state index in [1.54, 1.807) is 94.4 Å². The maximum atomic E-state index is 14.6. The van der Waals surface area contributed by atoms with E-state index >= 15 is 0 Å². The summed E-state index contributed by atoms with van der Waals surface area (Å²) in [6.07, 6.45) is -1.41. The highest BCUT2D eigenvalue weighted by atomic mass is 16.6. The molecule has 3 fully saturated rings. The van der Waals surface area contributed by atoms with Crippen molar-refractivity contribution in [2.24, 2.45) is 22.7 Å². The second-order valence-electron chi connectivity index (χ2n) is 15.8. The molecule has 10 atom stereocenters. The van der Waals surface area contributed by atoms with E-state index in [9.17, 15) is 34.5 Å². The molecule has 4 aliphatic rings. The normalized spacial score (nSPS) is 32.9. The number of hydrogen-bond donors (Lipinski definition) is 4. The lowest BCUT2D eigenvalue weighted by Crippen LogP contribution is -2.73. The number of carbonyl (C=O) groups is 4. The van der Waals surface area contributed by atoms with E-state index in [0.29, 0.717) is 23.1 Å². The van der Waals surface area contributed by atoms with Crippen molar-refractivity contribution in [3.05, 3.63) is 95.1 Å². The van der Waals surface area contributed by atoms with Crippen LogP contribution in [-0.4, -0.2) is 81.7 Å². The number of ketones is 1. The number of aliphatic hydroxyl groups excluding tert-OH is 2. The first-order chi connectivity index (χ1) is 25.1. The molecule has 0 radical (unpaired) electrons. The van der Waals surface area contributed by atoms with Gasteiger partial charge in [0, 0.05) is 36.5 Å². The third-order valence-corrected chi connectivity index (χ3v) is 12.5. The molecule has 0 spiro atoms. The van der Waals surface area contributed by atoms with Crippen LogP contribution in [0.4, 0.5) is 0 Å². The second kappa shape index (κ2) is 14.9. The maximum absolute atomic E-state index is 14.6. The number of allylic oxidation sites excluding steroid dienone is 1. The Hall–Kier alpha value is -4.16. The third-order valence-electron chi connectivity index (χ3n) is 12.5. The number of benzene rings is 2. The fourth-order valence-corrected chi connectivity index (χ4v) is 9.05. The van der Waals surface area contributed by atoms with Gasteiger partial charge in [-0.15, -0.1) is 0 Å². The van der Waals surface area contributed by atoms with Crippen LogP contribution >= 0.6 is 0 Å². The quantitative estimate of drug-likeness (QED) is 0.155. The Morgan fingerprint density at radius 1 is 1.04 bits per heavy atom. The van der Waals surface area contributed by atoms with Crippen molar-refractivity contribution in [2.75, 3.05) is 6.61 Å². The van der Waals surface area contributed by atoms with Crippen molar-refractivity contribution in [3.63, 3.8) is 0 Å². The number of amides is 1. The van der Waals surface area contributed by atoms with Crippen LogP contribution in [0.2, 0.25) is 0 Å². The molecule has 2 bridgehead atoms. The molecule has 2 saturated carbocycles. The van der Waals surface area contributed by atoms with Crippen LogP contribution in [0.15, 0.2) is 84.0 Å². The molecule has 11 nitrogen and oxygen atoms in total. The summed E-state index contributed by atoms with van der Waals surface area (Å²) in [6.45, 7) is 9.24. The topological polar surface area (TPSA) is 169 Å². The minimum absolute atomic E-state index is 0.147. The Morgan fingerprint density at radius 2 is 1.70 bits per heavy atom. The fraction of sp³-hybridized carbons (Fsp3) is 0.524. The Bertz CT molecular complexity index is 1770. The van der Waals surface area contributed by atoms with Gasteiger partial charge in [0.2, 0.25) is 5.91 Å². The SMILES string of the molecule is CCC/C=C/C(=O)N[C@@H](c1ccccc1)[C@@H](O)C(=O)O[C@H]1C[C@@]2(O)[C@@H](OC(=O)c3ccccc3)[C@@H]3[C@H]4CO[C@@H]4C[C@H](O)[C@@]3(C)C(=O)CC(=C1C)C2(C)C. The zero-order valence-electron chi connectivity index (χ0n) is 31.0. The largest absolute Gasteiger partial charge is 0.456 e. The van der Waals surface area contributed by atoms with Gasteiger partial charge in [-0.2, -0.15) is 0 Å². The summed E-state index contributed by atoms with van der Waals surface area (Å²) < 4.78 is 18.2. The van der Waals surface area contributed by atoms with Crippen LogP contribution in [0.5, 0.6) is 0 Å². The van der Waals surface area contributed by atoms with E-state index in [1.807, 2.05) is 6.92 Å². The van der Waals surface area contributed by atoms with Gasteiger partial charge >= 0.3 is 11.9 Å². The first kappa shape index (κ1) is 38.6. The minimum atomic E-state index is -1.93. The van der Waals surface area contributed by atoms with Gasteiger partial charge in [-0.3, -0.25) is 9.59 Å². The molecule has 1 heterocycles. The number of esters is 2. The summed E-state index contributed by atoms with van der Waals surface area (Å²) in [6, 6.07) is 15.8. The van der Waals surface area contributed by atoms with Crippen molar-refractivity contribution in [3.8, 4) is 0 Å². The Labute approximate surface area is 310 Å². The van der Waals surface area contributed by atoms with Gasteiger partial charge in [-0.05, 0) is 49.6 Å². The molecule has 0 aromatic heterocycles. The number of aliphatic hydroxyl groups is 3. The second-order valence-corrected chi connectivity index (χ2v) is 15.8. The molecule has 11 heteroatoms. The van der Waals surface area contributed by atoms with Crippen LogP contribution in [0.1, 0.15) is 88.7 Å². The minimum Gasteiger partial charge on any atom is -0.456 e. The molecular formula is C42H51NO10. The number of fused-ring (bicyclic) bond motifs is 5. The molecule has 2 aromatic rings. The standard InChI is InChI=1S/C42H51NO10/c1-6-7-10-19-33(46)43-35(25-15-11-8-12-16-25)36(47)39(49)52-30-22-42(50)37(53-38(48)26-17-13-9-14-18-26)34-27-23-51-29(27)21-32(45)41(34,5)31(44)20-28(24(30)2)40(42,3)4/h8-19,27,29-30,32,34-37,45,47,50H,6-7,20-23H2,1-5H3,(H,43,46)/b19-10+/t27-,29+,30-,32-,34-,35-,36+,37-,41+,42+/m0/s1. The van der Waals surface area contributed by atoms with Gasteiger partial charge in [0.05, 0.1) is 35.8 Å². The Morgan fingerprint density at radius 3 is 2.32 bits per heavy atom. The van der Waals surface area contributed by atoms with Gasteiger partial charge in [0.25, 0.3) is 0 Å². The first-order valence-corrected chi connectivity index (χ1v) is 18.6. The van der Waals surface area contributed by atoms with Crippen LogP contribution in [-0.2, 0) is 28.6 Å². The average Bonchev–Trinajstić information content (AvgIpc) is 3.13. The van der Waals surface area contributed by atoms with E-state index in [-0.39, 0.29) is 43.1 Å². The zero-order chi connectivity index (χ0) is 38.3. The van der Waals surface area contributed by atoms with Crippen molar-refractivity contribution in [1.82, 2.24) is 5.32 Å². The Kier molecular flexibility index (Phi) is 10.9. The molecule has 0 unspecified atom stereocenters. The third kappa shape index (κ3) is 6.77. The average molecular weight is 730 g/mol. The van der Waals surface area contributed by atoms with E-state index in [0.717, 1.165) is 6.42 Å².